The molecule has 0 aliphatic heterocycles. The first-order valence-corrected chi connectivity index (χ1v) is 8.18. The highest BCUT2D eigenvalue weighted by Crippen LogP contribution is 2.13. The number of aromatic nitrogens is 2. The first-order valence-electron chi connectivity index (χ1n) is 8.18. The van der Waals surface area contributed by atoms with Crippen molar-refractivity contribution >= 4 is 17.9 Å². The third-order valence-corrected chi connectivity index (χ3v) is 4.27. The lowest BCUT2D eigenvalue weighted by molar-refractivity contribution is -0.117. The number of hydrogen-bond acceptors (Lipinski definition) is 3. The van der Waals surface area contributed by atoms with Gasteiger partial charge in [0.25, 0.3) is 0 Å². The number of ketones is 1. The first kappa shape index (κ1) is 17.8. The third-order valence-electron chi connectivity index (χ3n) is 4.27. The predicted octanol–water partition coefficient (Wildman–Crippen LogP) is 4.79. The van der Waals surface area contributed by atoms with Gasteiger partial charge in [0, 0.05) is 25.2 Å². The van der Waals surface area contributed by atoms with Crippen LogP contribution < -0.4 is 0 Å². The second-order valence-electron chi connectivity index (χ2n) is 6.03. The van der Waals surface area contributed by atoms with E-state index in [4.69, 9.17) is 0 Å². The summed E-state index contributed by atoms with van der Waals surface area (Å²) in [7, 11) is 0. The quantitative estimate of drug-likeness (QED) is 0.769. The normalized spacial score (nSPS) is 11.5. The molecule has 0 aliphatic carbocycles. The van der Waals surface area contributed by atoms with Crippen LogP contribution in [0.1, 0.15) is 46.5 Å². The molecule has 3 nitrogen and oxygen atoms in total. The number of Topliss-reactive ketones (excluding diaryl/α,β-unsaturated/α-hetero) is 1. The molecule has 3 heteroatoms. The minimum absolute atomic E-state index is 0.179. The van der Waals surface area contributed by atoms with E-state index in [1.165, 1.54) is 11.1 Å². The lowest BCUT2D eigenvalue weighted by Crippen LogP contribution is -1.94. The number of pyridine rings is 2. The highest BCUT2D eigenvalue weighted by molar-refractivity contribution is 5.82. The van der Waals surface area contributed by atoms with Gasteiger partial charge in [-0.1, -0.05) is 12.2 Å². The molecule has 0 aromatic carbocycles. The number of carbonyl (C=O) groups is 1. The lowest BCUT2D eigenvalue weighted by Gasteiger charge is -2.02. The molecule has 2 rings (SSSR count). The second kappa shape index (κ2) is 8.34. The molecule has 0 saturated heterocycles. The molecule has 0 spiro atoms. The van der Waals surface area contributed by atoms with Gasteiger partial charge < -0.3 is 0 Å². The maximum Gasteiger partial charge on any atom is 0.140 e. The highest BCUT2D eigenvalue weighted by Gasteiger charge is 2.01. The zero-order valence-electron chi connectivity index (χ0n) is 14.8. The Labute approximate surface area is 144 Å². The SMILES string of the molecule is Cc1ccnc(/C=C/CC(=O)C/C=C/c2nccc(C)c2C)c1C. The number of aryl methyl sites for hydroxylation is 2. The standard InChI is InChI=1S/C21H24N2O/c1-15-11-13-22-20(17(15)3)9-5-7-19(24)8-6-10-21-18(4)16(2)12-14-23-21/h5-6,9-14H,7-8H2,1-4H3/b9-5+,10-6+. The van der Waals surface area contributed by atoms with E-state index in [0.717, 1.165) is 22.5 Å². The Bertz CT molecular complexity index is 723. The van der Waals surface area contributed by atoms with Gasteiger partial charge >= 0.3 is 0 Å². The molecular formula is C21H24N2O. The zero-order valence-corrected chi connectivity index (χ0v) is 14.8. The molecule has 0 amide bonds. The van der Waals surface area contributed by atoms with E-state index >= 15 is 0 Å². The van der Waals surface area contributed by atoms with Gasteiger partial charge in [0.15, 0.2) is 0 Å². The van der Waals surface area contributed by atoms with Crippen molar-refractivity contribution in [2.24, 2.45) is 0 Å². The molecule has 0 N–H and O–H groups in total. The monoisotopic (exact) mass is 320 g/mol. The Morgan fingerprint density at radius 3 is 1.67 bits per heavy atom. The number of nitrogens with zero attached hydrogens (tertiary/aromatic N) is 2. The van der Waals surface area contributed by atoms with E-state index in [2.05, 4.69) is 23.8 Å². The average molecular weight is 320 g/mol. The summed E-state index contributed by atoms with van der Waals surface area (Å²) < 4.78 is 0. The minimum Gasteiger partial charge on any atom is -0.299 e. The highest BCUT2D eigenvalue weighted by atomic mass is 16.1. The first-order chi connectivity index (χ1) is 11.5. The van der Waals surface area contributed by atoms with Crippen LogP contribution >= 0.6 is 0 Å². The molecule has 0 atom stereocenters. The Morgan fingerprint density at radius 1 is 0.833 bits per heavy atom. The van der Waals surface area contributed by atoms with Crippen molar-refractivity contribution in [2.45, 2.75) is 40.5 Å². The summed E-state index contributed by atoms with van der Waals surface area (Å²) in [6.45, 7) is 8.21. The summed E-state index contributed by atoms with van der Waals surface area (Å²) in [4.78, 5) is 20.7. The molecule has 0 aliphatic rings. The minimum atomic E-state index is 0.179. The maximum absolute atomic E-state index is 12.0. The van der Waals surface area contributed by atoms with Crippen molar-refractivity contribution in [1.29, 1.82) is 0 Å². The fourth-order valence-corrected chi connectivity index (χ4v) is 2.33. The van der Waals surface area contributed by atoms with Gasteiger partial charge in [0.05, 0.1) is 11.4 Å². The van der Waals surface area contributed by atoms with Gasteiger partial charge in [-0.15, -0.1) is 0 Å². The topological polar surface area (TPSA) is 42.9 Å². The Morgan fingerprint density at radius 2 is 1.25 bits per heavy atom. The molecular weight excluding hydrogens is 296 g/mol. The van der Waals surface area contributed by atoms with Crippen LogP contribution in [0.25, 0.3) is 12.2 Å². The summed E-state index contributed by atoms with van der Waals surface area (Å²) >= 11 is 0. The van der Waals surface area contributed by atoms with Gasteiger partial charge in [0.2, 0.25) is 0 Å². The van der Waals surface area contributed by atoms with Crippen molar-refractivity contribution in [2.75, 3.05) is 0 Å². The van der Waals surface area contributed by atoms with E-state index in [-0.39, 0.29) is 5.78 Å². The van der Waals surface area contributed by atoms with Crippen molar-refractivity contribution < 1.29 is 4.79 Å². The van der Waals surface area contributed by atoms with E-state index in [1.807, 2.05) is 50.3 Å². The summed E-state index contributed by atoms with van der Waals surface area (Å²) in [5.74, 6) is 0.179. The molecule has 0 radical (unpaired) electrons. The van der Waals surface area contributed by atoms with Gasteiger partial charge in [0.1, 0.15) is 5.78 Å². The van der Waals surface area contributed by atoms with Crippen LogP contribution in [-0.2, 0) is 4.79 Å². The molecule has 2 heterocycles. The summed E-state index contributed by atoms with van der Waals surface area (Å²) in [6, 6.07) is 3.98. The number of rotatable bonds is 6. The lowest BCUT2D eigenvalue weighted by atomic mass is 10.1. The van der Waals surface area contributed by atoms with Gasteiger partial charge in [-0.3, -0.25) is 14.8 Å². The fourth-order valence-electron chi connectivity index (χ4n) is 2.33. The van der Waals surface area contributed by atoms with Gasteiger partial charge in [-0.2, -0.15) is 0 Å². The number of hydrogen-bond donors (Lipinski definition) is 0. The van der Waals surface area contributed by atoms with E-state index < -0.39 is 0 Å². The van der Waals surface area contributed by atoms with Crippen LogP contribution in [0, 0.1) is 27.7 Å². The van der Waals surface area contributed by atoms with Crippen molar-refractivity contribution in [3.8, 4) is 0 Å². The van der Waals surface area contributed by atoms with Crippen LogP contribution in [0.4, 0.5) is 0 Å². The molecule has 0 unspecified atom stereocenters. The van der Waals surface area contributed by atoms with Gasteiger partial charge in [-0.05, 0) is 74.2 Å². The second-order valence-corrected chi connectivity index (χ2v) is 6.03. The number of allylic oxidation sites excluding steroid dienone is 2. The molecule has 0 bridgehead atoms. The Hall–Kier alpha value is -2.55. The smallest absolute Gasteiger partial charge is 0.140 e. The summed E-state index contributed by atoms with van der Waals surface area (Å²) in [5, 5.41) is 0. The van der Waals surface area contributed by atoms with Crippen LogP contribution in [0.2, 0.25) is 0 Å². The van der Waals surface area contributed by atoms with Crippen LogP contribution in [0.3, 0.4) is 0 Å². The Balaban J connectivity index is 1.89. The fraction of sp³-hybridized carbons (Fsp3) is 0.286. The molecule has 0 fully saturated rings. The molecule has 0 saturated carbocycles. The average Bonchev–Trinajstić information content (AvgIpc) is 2.55. The maximum atomic E-state index is 12.0. The Kier molecular flexibility index (Phi) is 6.19. The van der Waals surface area contributed by atoms with Gasteiger partial charge in [-0.25, -0.2) is 0 Å². The van der Waals surface area contributed by atoms with Crippen molar-refractivity contribution in [1.82, 2.24) is 9.97 Å². The summed E-state index contributed by atoms with van der Waals surface area (Å²) in [6.07, 6.45) is 12.1. The molecule has 2 aromatic heterocycles. The van der Waals surface area contributed by atoms with Crippen LogP contribution in [0.15, 0.2) is 36.7 Å². The molecule has 24 heavy (non-hydrogen) atoms. The number of carbonyl (C=O) groups excluding carboxylic acids is 1. The predicted molar refractivity (Wildman–Crippen MR) is 99.7 cm³/mol. The van der Waals surface area contributed by atoms with E-state index in [1.54, 1.807) is 12.4 Å². The van der Waals surface area contributed by atoms with Crippen molar-refractivity contribution in [3.05, 3.63) is 70.3 Å². The van der Waals surface area contributed by atoms with Crippen LogP contribution in [0.5, 0.6) is 0 Å². The summed E-state index contributed by atoms with van der Waals surface area (Å²) in [5.41, 5.74) is 6.58. The largest absolute Gasteiger partial charge is 0.299 e. The van der Waals surface area contributed by atoms with Crippen LogP contribution in [-0.4, -0.2) is 15.8 Å². The van der Waals surface area contributed by atoms with E-state index in [0.29, 0.717) is 12.8 Å². The van der Waals surface area contributed by atoms with E-state index in [9.17, 15) is 4.79 Å². The zero-order chi connectivity index (χ0) is 17.5. The molecule has 2 aromatic rings. The van der Waals surface area contributed by atoms with Crippen molar-refractivity contribution in [3.63, 3.8) is 0 Å². The molecule has 124 valence electrons. The third kappa shape index (κ3) is 4.72.